The maximum atomic E-state index is 13.8. The number of unbranched alkanes of at least 4 members (excludes halogenated alkanes) is 3. The summed E-state index contributed by atoms with van der Waals surface area (Å²) in [5.74, 6) is 0.888. The van der Waals surface area contributed by atoms with Gasteiger partial charge in [-0.15, -0.1) is 0 Å². The summed E-state index contributed by atoms with van der Waals surface area (Å²) < 4.78 is 5.91. The second-order valence-electron chi connectivity index (χ2n) is 9.65. The lowest BCUT2D eigenvalue weighted by Gasteiger charge is -2.44. The van der Waals surface area contributed by atoms with E-state index in [1.165, 1.54) is 25.7 Å². The van der Waals surface area contributed by atoms with Crippen molar-refractivity contribution in [3.63, 3.8) is 0 Å². The van der Waals surface area contributed by atoms with Crippen molar-refractivity contribution in [2.24, 2.45) is 0 Å². The van der Waals surface area contributed by atoms with Gasteiger partial charge in [0.25, 0.3) is 5.91 Å². The molecule has 1 atom stereocenters. The SMILES string of the molecule is CCCCCCOc1ccc(C2C(=O)N(C3CCCCC3)CC(=O)N2Cc2ccccc2)cc1. The number of piperazine rings is 1. The summed E-state index contributed by atoms with van der Waals surface area (Å²) in [6, 6.07) is 17.3. The number of rotatable bonds is 10. The van der Waals surface area contributed by atoms with Gasteiger partial charge < -0.3 is 14.5 Å². The molecule has 2 aromatic carbocycles. The van der Waals surface area contributed by atoms with Gasteiger partial charge in [0.15, 0.2) is 0 Å². The Hall–Kier alpha value is -2.82. The summed E-state index contributed by atoms with van der Waals surface area (Å²) in [4.78, 5) is 30.8. The van der Waals surface area contributed by atoms with Gasteiger partial charge in [0.05, 0.1) is 6.61 Å². The van der Waals surface area contributed by atoms with Gasteiger partial charge in [0.1, 0.15) is 18.3 Å². The second kappa shape index (κ2) is 12.0. The fraction of sp³-hybridized carbons (Fsp3) is 0.517. The fourth-order valence-electron chi connectivity index (χ4n) is 5.20. The van der Waals surface area contributed by atoms with Crippen LogP contribution in [0.2, 0.25) is 0 Å². The van der Waals surface area contributed by atoms with Crippen molar-refractivity contribution >= 4 is 11.8 Å². The van der Waals surface area contributed by atoms with E-state index in [1.807, 2.05) is 59.5 Å². The first-order chi connectivity index (χ1) is 16.7. The Morgan fingerprint density at radius 3 is 2.32 bits per heavy atom. The maximum absolute atomic E-state index is 13.8. The molecule has 2 aromatic rings. The maximum Gasteiger partial charge on any atom is 0.250 e. The molecular weight excluding hydrogens is 424 g/mol. The quantitative estimate of drug-likeness (QED) is 0.414. The van der Waals surface area contributed by atoms with Crippen LogP contribution in [0.25, 0.3) is 0 Å². The highest BCUT2D eigenvalue weighted by Crippen LogP contribution is 2.34. The van der Waals surface area contributed by atoms with Crippen molar-refractivity contribution in [1.29, 1.82) is 0 Å². The minimum Gasteiger partial charge on any atom is -0.494 e. The van der Waals surface area contributed by atoms with Crippen LogP contribution >= 0.6 is 0 Å². The van der Waals surface area contributed by atoms with E-state index in [0.29, 0.717) is 13.2 Å². The van der Waals surface area contributed by atoms with Gasteiger partial charge in [-0.25, -0.2) is 0 Å². The number of ether oxygens (including phenoxy) is 1. The van der Waals surface area contributed by atoms with E-state index in [1.54, 1.807) is 4.90 Å². The van der Waals surface area contributed by atoms with Crippen LogP contribution in [-0.2, 0) is 16.1 Å². The number of nitrogens with zero attached hydrogens (tertiary/aromatic N) is 2. The molecule has 0 bridgehead atoms. The smallest absolute Gasteiger partial charge is 0.250 e. The Morgan fingerprint density at radius 1 is 0.882 bits per heavy atom. The molecule has 2 fully saturated rings. The highest BCUT2D eigenvalue weighted by atomic mass is 16.5. The molecule has 5 nitrogen and oxygen atoms in total. The van der Waals surface area contributed by atoms with Crippen molar-refractivity contribution in [2.45, 2.75) is 83.3 Å². The number of hydrogen-bond acceptors (Lipinski definition) is 3. The molecule has 0 radical (unpaired) electrons. The number of benzene rings is 2. The first kappa shape index (κ1) is 24.3. The summed E-state index contributed by atoms with van der Waals surface area (Å²) in [6.45, 7) is 3.53. The molecule has 0 N–H and O–H groups in total. The highest BCUT2D eigenvalue weighted by Gasteiger charge is 2.42. The van der Waals surface area contributed by atoms with Gasteiger partial charge in [0, 0.05) is 12.6 Å². The third-order valence-electron chi connectivity index (χ3n) is 7.13. The summed E-state index contributed by atoms with van der Waals surface area (Å²) in [5, 5.41) is 0. The predicted octanol–water partition coefficient (Wildman–Crippen LogP) is 5.89. The Bertz CT molecular complexity index is 922. The molecule has 5 heteroatoms. The number of carbonyl (C=O) groups is 2. The lowest BCUT2D eigenvalue weighted by Crippen LogP contribution is -2.58. The molecule has 34 heavy (non-hydrogen) atoms. The first-order valence-electron chi connectivity index (χ1n) is 13.0. The van der Waals surface area contributed by atoms with Crippen LogP contribution in [0.15, 0.2) is 54.6 Å². The first-order valence-corrected chi connectivity index (χ1v) is 13.0. The van der Waals surface area contributed by atoms with Crippen LogP contribution in [-0.4, -0.2) is 40.8 Å². The standard InChI is InChI=1S/C29H38N2O3/c1-2-3-4-11-20-34-26-18-16-24(17-19-26)28-29(33)30(25-14-9-6-10-15-25)22-27(32)31(28)21-23-12-7-5-8-13-23/h5,7-8,12-13,16-19,25,28H,2-4,6,9-11,14-15,20-22H2,1H3. The number of hydrogen-bond donors (Lipinski definition) is 0. The number of carbonyl (C=O) groups excluding carboxylic acids is 2. The molecule has 1 heterocycles. The van der Waals surface area contributed by atoms with Crippen molar-refractivity contribution in [2.75, 3.05) is 13.2 Å². The van der Waals surface area contributed by atoms with Crippen LogP contribution in [0.4, 0.5) is 0 Å². The van der Waals surface area contributed by atoms with E-state index in [9.17, 15) is 9.59 Å². The Labute approximate surface area is 204 Å². The molecule has 1 saturated heterocycles. The van der Waals surface area contributed by atoms with Crippen LogP contribution in [0.5, 0.6) is 5.75 Å². The van der Waals surface area contributed by atoms with E-state index >= 15 is 0 Å². The van der Waals surface area contributed by atoms with Crippen LogP contribution < -0.4 is 4.74 Å². The molecule has 2 amide bonds. The van der Waals surface area contributed by atoms with E-state index in [0.717, 1.165) is 49.0 Å². The predicted molar refractivity (Wildman–Crippen MR) is 134 cm³/mol. The van der Waals surface area contributed by atoms with Gasteiger partial charge in [-0.1, -0.05) is 87.9 Å². The summed E-state index contributed by atoms with van der Waals surface area (Å²) in [7, 11) is 0. The fourth-order valence-corrected chi connectivity index (χ4v) is 5.20. The molecule has 1 aliphatic carbocycles. The molecule has 4 rings (SSSR count). The second-order valence-corrected chi connectivity index (χ2v) is 9.65. The minimum absolute atomic E-state index is 0.0234. The molecule has 0 spiro atoms. The topological polar surface area (TPSA) is 49.9 Å². The van der Waals surface area contributed by atoms with Gasteiger partial charge in [0.2, 0.25) is 5.91 Å². The van der Waals surface area contributed by atoms with E-state index in [4.69, 9.17) is 4.74 Å². The van der Waals surface area contributed by atoms with E-state index in [-0.39, 0.29) is 24.4 Å². The van der Waals surface area contributed by atoms with Gasteiger partial charge >= 0.3 is 0 Å². The van der Waals surface area contributed by atoms with Crippen molar-refractivity contribution in [1.82, 2.24) is 9.80 Å². The van der Waals surface area contributed by atoms with Gasteiger partial charge in [-0.2, -0.15) is 0 Å². The molecule has 182 valence electrons. The number of amides is 2. The average molecular weight is 463 g/mol. The average Bonchev–Trinajstić information content (AvgIpc) is 2.88. The summed E-state index contributed by atoms with van der Waals surface area (Å²) in [6.07, 6.45) is 10.1. The van der Waals surface area contributed by atoms with Gasteiger partial charge in [-0.05, 0) is 42.5 Å². The highest BCUT2D eigenvalue weighted by molar-refractivity contribution is 5.95. The van der Waals surface area contributed by atoms with E-state index in [2.05, 4.69) is 6.92 Å². The Morgan fingerprint density at radius 2 is 1.62 bits per heavy atom. The Balaban J connectivity index is 1.53. The zero-order valence-corrected chi connectivity index (χ0v) is 20.5. The van der Waals surface area contributed by atoms with Crippen molar-refractivity contribution in [3.05, 3.63) is 65.7 Å². The molecule has 1 saturated carbocycles. The monoisotopic (exact) mass is 462 g/mol. The molecular formula is C29H38N2O3. The zero-order valence-electron chi connectivity index (χ0n) is 20.5. The van der Waals surface area contributed by atoms with Crippen molar-refractivity contribution in [3.8, 4) is 5.75 Å². The molecule has 1 aliphatic heterocycles. The normalized spacial score (nSPS) is 19.5. The molecule has 1 unspecified atom stereocenters. The third kappa shape index (κ3) is 5.99. The van der Waals surface area contributed by atoms with Crippen molar-refractivity contribution < 1.29 is 14.3 Å². The van der Waals surface area contributed by atoms with Gasteiger partial charge in [-0.3, -0.25) is 9.59 Å². The van der Waals surface area contributed by atoms with Crippen LogP contribution in [0.3, 0.4) is 0 Å². The molecule has 0 aromatic heterocycles. The minimum atomic E-state index is -0.595. The summed E-state index contributed by atoms with van der Waals surface area (Å²) >= 11 is 0. The largest absolute Gasteiger partial charge is 0.494 e. The zero-order chi connectivity index (χ0) is 23.8. The lowest BCUT2D eigenvalue weighted by atomic mass is 9.91. The van der Waals surface area contributed by atoms with E-state index < -0.39 is 6.04 Å². The Kier molecular flexibility index (Phi) is 8.62. The van der Waals surface area contributed by atoms with Crippen LogP contribution in [0, 0.1) is 0 Å². The summed E-state index contributed by atoms with van der Waals surface area (Å²) in [5.41, 5.74) is 1.89. The molecule has 2 aliphatic rings. The third-order valence-corrected chi connectivity index (χ3v) is 7.13. The van der Waals surface area contributed by atoms with Crippen LogP contribution in [0.1, 0.15) is 81.9 Å². The lowest BCUT2D eigenvalue weighted by molar-refractivity contribution is -0.160.